The summed E-state index contributed by atoms with van der Waals surface area (Å²) in [5.74, 6) is 1.10. The van der Waals surface area contributed by atoms with Gasteiger partial charge in [-0.05, 0) is 39.0 Å². The smallest absolute Gasteiger partial charge is 0.102 e. The molecule has 0 radical (unpaired) electrons. The van der Waals surface area contributed by atoms with Crippen molar-refractivity contribution in [2.24, 2.45) is 11.8 Å². The van der Waals surface area contributed by atoms with E-state index >= 15 is 0 Å². The molecule has 0 spiro atoms. The number of rotatable bonds is 11. The first-order chi connectivity index (χ1) is 13.2. The van der Waals surface area contributed by atoms with Crippen molar-refractivity contribution in [3.05, 3.63) is 48.6 Å². The number of unbranched alkanes of at least 4 members (excludes halogenated alkanes) is 3. The monoisotopic (exact) mass is 374 g/mol. The van der Waals surface area contributed by atoms with Crippen molar-refractivity contribution < 1.29 is 9.78 Å². The first-order valence-electron chi connectivity index (χ1n) is 11.1. The van der Waals surface area contributed by atoms with Gasteiger partial charge in [0.25, 0.3) is 0 Å². The fraction of sp³-hybridized carbons (Fsp3) is 0.680. The van der Waals surface area contributed by atoms with Gasteiger partial charge in [-0.2, -0.15) is 0 Å². The van der Waals surface area contributed by atoms with Crippen LogP contribution in [0.2, 0.25) is 0 Å². The van der Waals surface area contributed by atoms with Gasteiger partial charge in [0, 0.05) is 18.3 Å². The molecule has 2 rings (SSSR count). The van der Waals surface area contributed by atoms with Crippen molar-refractivity contribution in [3.8, 4) is 0 Å². The molecule has 2 aliphatic rings. The van der Waals surface area contributed by atoms with Crippen LogP contribution in [0.15, 0.2) is 48.6 Å². The Morgan fingerprint density at radius 2 is 1.74 bits per heavy atom. The van der Waals surface area contributed by atoms with E-state index in [0.29, 0.717) is 17.9 Å². The van der Waals surface area contributed by atoms with Gasteiger partial charge in [-0.25, -0.2) is 9.78 Å². The molecule has 1 saturated heterocycles. The third-order valence-electron chi connectivity index (χ3n) is 5.39. The molecular weight excluding hydrogens is 332 g/mol. The zero-order valence-corrected chi connectivity index (χ0v) is 18.2. The highest BCUT2D eigenvalue weighted by Crippen LogP contribution is 2.44. The zero-order valence-electron chi connectivity index (χ0n) is 18.2. The molecule has 1 heterocycles. The Morgan fingerprint density at radius 1 is 1.00 bits per heavy atom. The Bertz CT molecular complexity index is 473. The zero-order chi connectivity index (χ0) is 19.9. The van der Waals surface area contributed by atoms with Crippen molar-refractivity contribution in [2.45, 2.75) is 97.7 Å². The highest BCUT2D eigenvalue weighted by molar-refractivity contribution is 5.09. The third-order valence-corrected chi connectivity index (χ3v) is 5.39. The summed E-state index contributed by atoms with van der Waals surface area (Å²) in [4.78, 5) is 10.9. The van der Waals surface area contributed by atoms with E-state index in [2.05, 4.69) is 64.7 Å². The molecule has 0 amide bonds. The summed E-state index contributed by atoms with van der Waals surface area (Å²) in [5.41, 5.74) is 1.41. The average molecular weight is 375 g/mol. The number of allylic oxidation sites excluding steroid dienone is 6. The molecule has 1 aliphatic heterocycles. The van der Waals surface area contributed by atoms with E-state index in [4.69, 9.17) is 9.78 Å². The van der Waals surface area contributed by atoms with Crippen LogP contribution in [-0.2, 0) is 9.78 Å². The normalized spacial score (nSPS) is 27.3. The van der Waals surface area contributed by atoms with Gasteiger partial charge in [0.05, 0.1) is 6.10 Å². The predicted molar refractivity (Wildman–Crippen MR) is 118 cm³/mol. The maximum Gasteiger partial charge on any atom is 0.102 e. The van der Waals surface area contributed by atoms with Gasteiger partial charge in [-0.3, -0.25) is 0 Å². The molecule has 0 aromatic heterocycles. The van der Waals surface area contributed by atoms with Crippen LogP contribution >= 0.6 is 0 Å². The van der Waals surface area contributed by atoms with E-state index in [1.807, 2.05) is 6.08 Å². The summed E-state index contributed by atoms with van der Waals surface area (Å²) in [6, 6.07) is 0. The molecule has 2 bridgehead atoms. The molecule has 27 heavy (non-hydrogen) atoms. The highest BCUT2D eigenvalue weighted by atomic mass is 17.2. The van der Waals surface area contributed by atoms with Crippen molar-refractivity contribution >= 4 is 0 Å². The Labute approximate surface area is 168 Å². The van der Waals surface area contributed by atoms with Crippen molar-refractivity contribution in [1.29, 1.82) is 0 Å². The molecule has 154 valence electrons. The molecule has 2 nitrogen and oxygen atoms in total. The quantitative estimate of drug-likeness (QED) is 0.159. The van der Waals surface area contributed by atoms with Crippen molar-refractivity contribution in [3.63, 3.8) is 0 Å². The van der Waals surface area contributed by atoms with Crippen molar-refractivity contribution in [1.82, 2.24) is 0 Å². The van der Waals surface area contributed by atoms with E-state index in [9.17, 15) is 0 Å². The Kier molecular flexibility index (Phi) is 13.2. The maximum absolute atomic E-state index is 5.43. The average Bonchev–Trinajstić information content (AvgIpc) is 3.25. The number of fused-ring (bicyclic) bond motifs is 2. The van der Waals surface area contributed by atoms with Gasteiger partial charge in [-0.1, -0.05) is 88.6 Å². The minimum absolute atomic E-state index is 0.267. The minimum Gasteiger partial charge on any atom is -0.233 e. The molecule has 2 fully saturated rings. The summed E-state index contributed by atoms with van der Waals surface area (Å²) in [6.45, 7) is 12.5. The van der Waals surface area contributed by atoms with Gasteiger partial charge in [0.2, 0.25) is 0 Å². The van der Waals surface area contributed by atoms with Gasteiger partial charge in [-0.15, -0.1) is 0 Å². The molecule has 2 heteroatoms. The largest absolute Gasteiger partial charge is 0.233 e. The Balaban J connectivity index is 0.000000646. The van der Waals surface area contributed by atoms with Crippen LogP contribution in [0.5, 0.6) is 0 Å². The predicted octanol–water partition coefficient (Wildman–Crippen LogP) is 7.73. The van der Waals surface area contributed by atoms with E-state index in [1.165, 1.54) is 31.3 Å². The second kappa shape index (κ2) is 14.9. The lowest BCUT2D eigenvalue weighted by molar-refractivity contribution is -0.336. The molecule has 1 aliphatic carbocycles. The maximum atomic E-state index is 5.43. The van der Waals surface area contributed by atoms with Crippen LogP contribution in [0, 0.1) is 11.8 Å². The molecule has 4 atom stereocenters. The number of hydrogen-bond acceptors (Lipinski definition) is 2. The Hall–Kier alpha value is -1.12. The third kappa shape index (κ3) is 9.08. The lowest BCUT2D eigenvalue weighted by Crippen LogP contribution is -2.28. The molecule has 0 aromatic rings. The minimum atomic E-state index is 0.267. The number of hydrogen-bond donors (Lipinski definition) is 0. The molecule has 1 saturated carbocycles. The topological polar surface area (TPSA) is 18.5 Å². The van der Waals surface area contributed by atoms with Gasteiger partial charge in [0.1, 0.15) is 6.10 Å². The summed E-state index contributed by atoms with van der Waals surface area (Å²) < 4.78 is 0. The van der Waals surface area contributed by atoms with Crippen LogP contribution in [0.3, 0.4) is 0 Å². The lowest BCUT2D eigenvalue weighted by Gasteiger charge is -2.27. The summed E-state index contributed by atoms with van der Waals surface area (Å²) >= 11 is 0. The van der Waals surface area contributed by atoms with Crippen LogP contribution in [0.25, 0.3) is 0 Å². The standard InChI is InChI=1S/C20H30O2.C5H12/c1-4-6-8-13-17-18(20-15-19(17)21-22-20)14-10-7-9-12-16(3)11-5-2;1-3-5-4-2/h5-6,8,10-11,14,17-20H,2,4,7,9,12-13,15H2,1,3H3;3-5H2,1-2H3/b8-6-,14-10+,16-11+;/t17-,18?,19+,20-;/m1./s1. The second-order valence-electron chi connectivity index (χ2n) is 7.78. The van der Waals surface area contributed by atoms with E-state index in [1.54, 1.807) is 0 Å². The van der Waals surface area contributed by atoms with Crippen LogP contribution in [0.1, 0.15) is 85.5 Å². The fourth-order valence-electron chi connectivity index (χ4n) is 3.83. The van der Waals surface area contributed by atoms with Gasteiger partial charge >= 0.3 is 0 Å². The molecule has 0 N–H and O–H groups in total. The fourth-order valence-corrected chi connectivity index (χ4v) is 3.83. The summed E-state index contributed by atoms with van der Waals surface area (Å²) in [7, 11) is 0. The second-order valence-corrected chi connectivity index (χ2v) is 7.78. The van der Waals surface area contributed by atoms with E-state index in [0.717, 1.165) is 32.1 Å². The summed E-state index contributed by atoms with van der Waals surface area (Å²) in [6.07, 6.45) is 24.6. The lowest BCUT2D eigenvalue weighted by atomic mass is 9.89. The molecule has 1 unspecified atom stereocenters. The first kappa shape index (κ1) is 23.9. The van der Waals surface area contributed by atoms with Crippen LogP contribution in [0.4, 0.5) is 0 Å². The van der Waals surface area contributed by atoms with E-state index in [-0.39, 0.29) is 6.10 Å². The Morgan fingerprint density at radius 3 is 2.37 bits per heavy atom. The summed E-state index contributed by atoms with van der Waals surface area (Å²) in [5, 5.41) is 0. The first-order valence-corrected chi connectivity index (χ1v) is 11.1. The molecular formula is C25H42O2. The molecule has 0 aromatic carbocycles. The van der Waals surface area contributed by atoms with Gasteiger partial charge in [0.15, 0.2) is 0 Å². The van der Waals surface area contributed by atoms with Crippen LogP contribution < -0.4 is 0 Å². The van der Waals surface area contributed by atoms with Crippen LogP contribution in [-0.4, -0.2) is 12.2 Å². The van der Waals surface area contributed by atoms with Gasteiger partial charge < -0.3 is 0 Å². The van der Waals surface area contributed by atoms with Crippen molar-refractivity contribution in [2.75, 3.05) is 0 Å². The SMILES string of the molecule is C=C/C=C(\C)CCC/C=C/C1[C@@H](C/C=C\CC)[C@@H]2C[C@H]1OO2.CCCCC. The highest BCUT2D eigenvalue weighted by Gasteiger charge is 2.48. The van der Waals surface area contributed by atoms with E-state index < -0.39 is 0 Å².